The van der Waals surface area contributed by atoms with Gasteiger partial charge in [-0.3, -0.25) is 4.79 Å². The topological polar surface area (TPSA) is 77.7 Å². The van der Waals surface area contributed by atoms with Crippen LogP contribution in [0.15, 0.2) is 53.1 Å². The fourth-order valence-corrected chi connectivity index (χ4v) is 4.26. The molecule has 2 heterocycles. The van der Waals surface area contributed by atoms with Crippen LogP contribution in [0.1, 0.15) is 41.6 Å². The third-order valence-corrected chi connectivity index (χ3v) is 6.39. The number of carbonyl (C=O) groups is 1. The van der Waals surface area contributed by atoms with E-state index in [2.05, 4.69) is 10.1 Å². The van der Waals surface area contributed by atoms with Gasteiger partial charge < -0.3 is 18.9 Å². The predicted octanol–water partition coefficient (Wildman–Crippen LogP) is 3.67. The molecule has 1 aliphatic carbocycles. The van der Waals surface area contributed by atoms with Crippen molar-refractivity contribution in [2.75, 3.05) is 26.8 Å². The van der Waals surface area contributed by atoms with E-state index in [0.717, 1.165) is 35.5 Å². The molecule has 1 saturated carbocycles. The van der Waals surface area contributed by atoms with E-state index >= 15 is 0 Å². The molecule has 1 amide bonds. The summed E-state index contributed by atoms with van der Waals surface area (Å²) in [5.41, 5.74) is 1.86. The molecule has 32 heavy (non-hydrogen) atoms. The zero-order valence-corrected chi connectivity index (χ0v) is 18.4. The normalized spacial score (nSPS) is 17.0. The number of benzene rings is 2. The van der Waals surface area contributed by atoms with Gasteiger partial charge >= 0.3 is 0 Å². The summed E-state index contributed by atoms with van der Waals surface area (Å²) < 4.78 is 16.5. The highest BCUT2D eigenvalue weighted by molar-refractivity contribution is 5.92. The van der Waals surface area contributed by atoms with Crippen LogP contribution in [0.25, 0.3) is 0 Å². The number of likely N-dealkylation sites (tertiary alicyclic amines) is 1. The summed E-state index contributed by atoms with van der Waals surface area (Å²) in [7, 11) is 1.65. The second kappa shape index (κ2) is 8.30. The molecule has 0 spiro atoms. The molecule has 7 heteroatoms. The number of nitrogens with zero attached hydrogens (tertiary/aromatic N) is 3. The van der Waals surface area contributed by atoms with Crippen molar-refractivity contribution in [3.63, 3.8) is 0 Å². The Morgan fingerprint density at radius 3 is 2.62 bits per heavy atom. The number of methoxy groups -OCH3 is 1. The Balaban J connectivity index is 1.13. The van der Waals surface area contributed by atoms with Gasteiger partial charge in [0.15, 0.2) is 5.82 Å². The Morgan fingerprint density at radius 2 is 1.94 bits per heavy atom. The van der Waals surface area contributed by atoms with Crippen molar-refractivity contribution in [3.8, 4) is 11.5 Å². The van der Waals surface area contributed by atoms with E-state index in [1.54, 1.807) is 7.11 Å². The highest BCUT2D eigenvalue weighted by atomic mass is 16.5. The van der Waals surface area contributed by atoms with Crippen molar-refractivity contribution in [1.29, 1.82) is 0 Å². The van der Waals surface area contributed by atoms with E-state index in [4.69, 9.17) is 14.0 Å². The first-order valence-electron chi connectivity index (χ1n) is 11.0. The Labute approximate surface area is 187 Å². The second-order valence-corrected chi connectivity index (χ2v) is 8.68. The Bertz CT molecular complexity index is 1100. The van der Waals surface area contributed by atoms with Crippen molar-refractivity contribution < 1.29 is 18.8 Å². The standard InChI is InChI=1S/C25H27N3O4/c1-17-4-3-5-21(14-17)31-13-10-22-26-23(32-27-22)18-15-28(16-18)24(29)25(11-12-25)19-6-8-20(30-2)9-7-19/h3-9,14,18H,10-13,15-16H2,1-2H3. The molecular formula is C25H27N3O4. The molecule has 0 N–H and O–H groups in total. The van der Waals surface area contributed by atoms with E-state index in [1.165, 1.54) is 0 Å². The van der Waals surface area contributed by atoms with Crippen LogP contribution in [0.3, 0.4) is 0 Å². The quantitative estimate of drug-likeness (QED) is 0.540. The number of hydrogen-bond acceptors (Lipinski definition) is 6. The molecule has 7 nitrogen and oxygen atoms in total. The zero-order valence-electron chi connectivity index (χ0n) is 18.4. The Kier molecular flexibility index (Phi) is 5.33. The van der Waals surface area contributed by atoms with Crippen LogP contribution in [0, 0.1) is 6.92 Å². The minimum absolute atomic E-state index is 0.101. The van der Waals surface area contributed by atoms with E-state index < -0.39 is 0 Å². The number of ether oxygens (including phenoxy) is 2. The lowest BCUT2D eigenvalue weighted by atomic mass is 9.90. The van der Waals surface area contributed by atoms with E-state index in [0.29, 0.717) is 37.8 Å². The number of hydrogen-bond donors (Lipinski definition) is 0. The molecule has 2 aliphatic rings. The molecule has 0 bridgehead atoms. The van der Waals surface area contributed by atoms with Crippen LogP contribution >= 0.6 is 0 Å². The highest BCUT2D eigenvalue weighted by Gasteiger charge is 2.55. The van der Waals surface area contributed by atoms with Crippen molar-refractivity contribution in [1.82, 2.24) is 15.0 Å². The van der Waals surface area contributed by atoms with E-state index in [1.807, 2.05) is 60.4 Å². The number of amides is 1. The van der Waals surface area contributed by atoms with Crippen molar-refractivity contribution in [3.05, 3.63) is 71.4 Å². The van der Waals surface area contributed by atoms with E-state index in [-0.39, 0.29) is 17.2 Å². The summed E-state index contributed by atoms with van der Waals surface area (Å²) in [5.74, 6) is 3.18. The summed E-state index contributed by atoms with van der Waals surface area (Å²) in [5, 5.41) is 4.08. The third-order valence-electron chi connectivity index (χ3n) is 6.39. The zero-order chi connectivity index (χ0) is 22.1. The first-order valence-corrected chi connectivity index (χ1v) is 11.0. The van der Waals surface area contributed by atoms with Gasteiger partial charge in [-0.15, -0.1) is 0 Å². The highest BCUT2D eigenvalue weighted by Crippen LogP contribution is 2.51. The van der Waals surface area contributed by atoms with Gasteiger partial charge in [-0.2, -0.15) is 4.98 Å². The molecule has 0 radical (unpaired) electrons. The van der Waals surface area contributed by atoms with Gasteiger partial charge in [0.05, 0.1) is 25.0 Å². The monoisotopic (exact) mass is 433 g/mol. The molecule has 166 valence electrons. The summed E-state index contributed by atoms with van der Waals surface area (Å²) in [6.45, 7) is 3.77. The summed E-state index contributed by atoms with van der Waals surface area (Å²) >= 11 is 0. The van der Waals surface area contributed by atoms with Crippen LogP contribution < -0.4 is 9.47 Å². The van der Waals surface area contributed by atoms with Gasteiger partial charge in [0.2, 0.25) is 11.8 Å². The Morgan fingerprint density at radius 1 is 1.16 bits per heavy atom. The number of aryl methyl sites for hydroxylation is 1. The molecule has 2 fully saturated rings. The fraction of sp³-hybridized carbons (Fsp3) is 0.400. The first-order chi connectivity index (χ1) is 15.6. The van der Waals surface area contributed by atoms with Crippen molar-refractivity contribution in [2.24, 2.45) is 0 Å². The minimum atomic E-state index is -0.371. The predicted molar refractivity (Wildman–Crippen MR) is 118 cm³/mol. The average Bonchev–Trinajstić information content (AvgIpc) is 3.46. The smallest absolute Gasteiger partial charge is 0.233 e. The third kappa shape index (κ3) is 3.95. The van der Waals surface area contributed by atoms with Crippen LogP contribution in [-0.4, -0.2) is 47.8 Å². The molecular weight excluding hydrogens is 406 g/mol. The molecule has 1 saturated heterocycles. The van der Waals surface area contributed by atoms with Crippen LogP contribution in [0.5, 0.6) is 11.5 Å². The van der Waals surface area contributed by atoms with Crippen LogP contribution in [0.2, 0.25) is 0 Å². The average molecular weight is 434 g/mol. The molecule has 5 rings (SSSR count). The minimum Gasteiger partial charge on any atom is -0.497 e. The first kappa shape index (κ1) is 20.5. The fourth-order valence-electron chi connectivity index (χ4n) is 4.26. The lowest BCUT2D eigenvalue weighted by molar-refractivity contribution is -0.138. The SMILES string of the molecule is COc1ccc(C2(C(=O)N3CC(c4nc(CCOc5cccc(C)c5)no4)C3)CC2)cc1. The van der Waals surface area contributed by atoms with Gasteiger partial charge in [0.1, 0.15) is 11.5 Å². The molecule has 1 aliphatic heterocycles. The number of aromatic nitrogens is 2. The van der Waals surface area contributed by atoms with Gasteiger partial charge in [-0.25, -0.2) is 0 Å². The molecule has 0 unspecified atom stereocenters. The van der Waals surface area contributed by atoms with Crippen molar-refractivity contribution >= 4 is 5.91 Å². The summed E-state index contributed by atoms with van der Waals surface area (Å²) in [4.78, 5) is 19.6. The van der Waals surface area contributed by atoms with Crippen LogP contribution in [0.4, 0.5) is 0 Å². The van der Waals surface area contributed by atoms with Gasteiger partial charge in [-0.1, -0.05) is 29.4 Å². The lowest BCUT2D eigenvalue weighted by Gasteiger charge is -2.39. The molecule has 0 atom stereocenters. The summed E-state index contributed by atoms with van der Waals surface area (Å²) in [6.07, 6.45) is 2.36. The van der Waals surface area contributed by atoms with Gasteiger partial charge in [0.25, 0.3) is 0 Å². The van der Waals surface area contributed by atoms with Gasteiger partial charge in [0, 0.05) is 19.5 Å². The maximum atomic E-state index is 13.2. The maximum absolute atomic E-state index is 13.2. The number of rotatable bonds is 8. The maximum Gasteiger partial charge on any atom is 0.233 e. The summed E-state index contributed by atoms with van der Waals surface area (Å²) in [6, 6.07) is 15.8. The lowest BCUT2D eigenvalue weighted by Crippen LogP contribution is -2.52. The molecule has 1 aromatic heterocycles. The second-order valence-electron chi connectivity index (χ2n) is 8.68. The van der Waals surface area contributed by atoms with Crippen molar-refractivity contribution in [2.45, 2.75) is 37.5 Å². The Hall–Kier alpha value is -3.35. The number of carbonyl (C=O) groups excluding carboxylic acids is 1. The molecule has 2 aromatic carbocycles. The van der Waals surface area contributed by atoms with E-state index in [9.17, 15) is 4.79 Å². The van der Waals surface area contributed by atoms with Crippen LogP contribution in [-0.2, 0) is 16.6 Å². The van der Waals surface area contributed by atoms with Gasteiger partial charge in [-0.05, 0) is 55.2 Å². The largest absolute Gasteiger partial charge is 0.497 e. The molecule has 3 aromatic rings.